The normalized spacial score (nSPS) is 9.96. The number of benzene rings is 2. The van der Waals surface area contributed by atoms with Crippen LogP contribution in [0.3, 0.4) is 0 Å². The molecule has 2 amide bonds. The van der Waals surface area contributed by atoms with Gasteiger partial charge in [0.05, 0.1) is 0 Å². The number of primary amides is 1. The summed E-state index contributed by atoms with van der Waals surface area (Å²) in [5.41, 5.74) is 5.84. The monoisotopic (exact) mass is 346 g/mol. The molecule has 0 unspecified atom stereocenters. The van der Waals surface area contributed by atoms with E-state index in [1.54, 1.807) is 0 Å². The van der Waals surface area contributed by atoms with E-state index >= 15 is 0 Å². The molecule has 7 nitrogen and oxygen atoms in total. The number of carbonyl (C=O) groups excluding carboxylic acids is 3. The summed E-state index contributed by atoms with van der Waals surface area (Å²) >= 11 is 0. The SMILES string of the molecule is NC(=O)c1ccc(NC(=O)COC(=O)COc2ccc(F)cc2)cc1. The van der Waals surface area contributed by atoms with Crippen LogP contribution in [0, 0.1) is 5.82 Å². The lowest BCUT2D eigenvalue weighted by Gasteiger charge is -2.08. The van der Waals surface area contributed by atoms with Crippen molar-refractivity contribution in [3.63, 3.8) is 0 Å². The highest BCUT2D eigenvalue weighted by Crippen LogP contribution is 2.11. The quantitative estimate of drug-likeness (QED) is 0.739. The molecule has 0 bridgehead atoms. The van der Waals surface area contributed by atoms with Crippen LogP contribution in [0.4, 0.5) is 10.1 Å². The number of esters is 1. The van der Waals surface area contributed by atoms with Crippen LogP contribution < -0.4 is 15.8 Å². The molecule has 8 heteroatoms. The van der Waals surface area contributed by atoms with E-state index in [1.807, 2.05) is 0 Å². The predicted molar refractivity (Wildman–Crippen MR) is 86.4 cm³/mol. The maximum absolute atomic E-state index is 12.7. The van der Waals surface area contributed by atoms with Crippen molar-refractivity contribution in [3.8, 4) is 5.75 Å². The minimum atomic E-state index is -0.747. The van der Waals surface area contributed by atoms with Crippen LogP contribution in [0.2, 0.25) is 0 Å². The van der Waals surface area contributed by atoms with E-state index in [4.69, 9.17) is 15.2 Å². The van der Waals surface area contributed by atoms with E-state index in [9.17, 15) is 18.8 Å². The summed E-state index contributed by atoms with van der Waals surface area (Å²) in [6.45, 7) is -0.907. The van der Waals surface area contributed by atoms with Gasteiger partial charge in [-0.05, 0) is 48.5 Å². The summed E-state index contributed by atoms with van der Waals surface area (Å²) in [5.74, 6) is -1.99. The molecule has 2 aromatic carbocycles. The number of nitrogens with one attached hydrogen (secondary N) is 1. The number of hydrogen-bond acceptors (Lipinski definition) is 5. The summed E-state index contributed by atoms with van der Waals surface area (Å²) in [6, 6.07) is 11.0. The first-order chi connectivity index (χ1) is 11.9. The fourth-order valence-corrected chi connectivity index (χ4v) is 1.78. The van der Waals surface area contributed by atoms with Crippen molar-refractivity contribution in [2.24, 2.45) is 5.73 Å². The van der Waals surface area contributed by atoms with Crippen molar-refractivity contribution in [2.75, 3.05) is 18.5 Å². The molecule has 0 heterocycles. The molecule has 2 rings (SSSR count). The maximum atomic E-state index is 12.7. The number of hydrogen-bond donors (Lipinski definition) is 2. The fraction of sp³-hybridized carbons (Fsp3) is 0.118. The molecule has 25 heavy (non-hydrogen) atoms. The highest BCUT2D eigenvalue weighted by atomic mass is 19.1. The smallest absolute Gasteiger partial charge is 0.344 e. The second-order valence-electron chi connectivity index (χ2n) is 4.89. The molecule has 0 aliphatic heterocycles. The first-order valence-corrected chi connectivity index (χ1v) is 7.18. The van der Waals surface area contributed by atoms with Gasteiger partial charge in [0.25, 0.3) is 5.91 Å². The number of rotatable bonds is 7. The third-order valence-corrected chi connectivity index (χ3v) is 2.99. The molecule has 0 fully saturated rings. The molecular formula is C17H15FN2O5. The zero-order valence-electron chi connectivity index (χ0n) is 13.0. The van der Waals surface area contributed by atoms with Crippen LogP contribution >= 0.6 is 0 Å². The molecule has 2 aromatic rings. The number of anilines is 1. The molecule has 0 radical (unpaired) electrons. The van der Waals surface area contributed by atoms with E-state index < -0.39 is 36.8 Å². The van der Waals surface area contributed by atoms with Gasteiger partial charge in [-0.15, -0.1) is 0 Å². The molecular weight excluding hydrogens is 331 g/mol. The lowest BCUT2D eigenvalue weighted by Crippen LogP contribution is -2.23. The molecule has 0 saturated carbocycles. The number of halogens is 1. The van der Waals surface area contributed by atoms with Crippen LogP contribution in [0.5, 0.6) is 5.75 Å². The molecule has 0 atom stereocenters. The van der Waals surface area contributed by atoms with Gasteiger partial charge in [0.2, 0.25) is 5.91 Å². The fourth-order valence-electron chi connectivity index (χ4n) is 1.78. The van der Waals surface area contributed by atoms with E-state index in [2.05, 4.69) is 5.32 Å². The van der Waals surface area contributed by atoms with E-state index in [1.165, 1.54) is 48.5 Å². The van der Waals surface area contributed by atoms with Crippen LogP contribution in [-0.2, 0) is 14.3 Å². The van der Waals surface area contributed by atoms with E-state index in [-0.39, 0.29) is 0 Å². The Morgan fingerprint density at radius 2 is 1.60 bits per heavy atom. The van der Waals surface area contributed by atoms with Crippen LogP contribution in [0.25, 0.3) is 0 Å². The average Bonchev–Trinajstić information content (AvgIpc) is 2.60. The number of amides is 2. The Labute approximate surface area is 142 Å². The zero-order chi connectivity index (χ0) is 18.2. The van der Waals surface area contributed by atoms with Gasteiger partial charge in [-0.25, -0.2) is 9.18 Å². The number of nitrogens with two attached hydrogens (primary N) is 1. The van der Waals surface area contributed by atoms with Crippen LogP contribution in [0.1, 0.15) is 10.4 Å². The maximum Gasteiger partial charge on any atom is 0.344 e. The minimum absolute atomic E-state index is 0.303. The topological polar surface area (TPSA) is 108 Å². The average molecular weight is 346 g/mol. The summed E-state index contributed by atoms with van der Waals surface area (Å²) in [7, 11) is 0. The van der Waals surface area contributed by atoms with Crippen LogP contribution in [-0.4, -0.2) is 31.0 Å². The van der Waals surface area contributed by atoms with Crippen molar-refractivity contribution in [3.05, 3.63) is 59.9 Å². The highest BCUT2D eigenvalue weighted by Gasteiger charge is 2.09. The van der Waals surface area contributed by atoms with Gasteiger partial charge in [0.1, 0.15) is 11.6 Å². The predicted octanol–water partition coefficient (Wildman–Crippen LogP) is 1.49. The zero-order valence-corrected chi connectivity index (χ0v) is 13.0. The lowest BCUT2D eigenvalue weighted by atomic mass is 10.2. The van der Waals surface area contributed by atoms with Crippen molar-refractivity contribution < 1.29 is 28.2 Å². The molecule has 0 aliphatic rings. The largest absolute Gasteiger partial charge is 0.482 e. The second kappa shape index (κ2) is 8.44. The minimum Gasteiger partial charge on any atom is -0.482 e. The van der Waals surface area contributed by atoms with Crippen molar-refractivity contribution >= 4 is 23.5 Å². The summed E-state index contributed by atoms with van der Waals surface area (Å²) in [4.78, 5) is 34.1. The Morgan fingerprint density at radius 1 is 0.960 bits per heavy atom. The molecule has 0 spiro atoms. The summed E-state index contributed by atoms with van der Waals surface area (Å²) in [6.07, 6.45) is 0. The van der Waals surface area contributed by atoms with Gasteiger partial charge in [0, 0.05) is 11.3 Å². The Morgan fingerprint density at radius 3 is 2.20 bits per heavy atom. The van der Waals surface area contributed by atoms with Crippen LogP contribution in [0.15, 0.2) is 48.5 Å². The molecule has 0 aromatic heterocycles. The number of carbonyl (C=O) groups is 3. The third-order valence-electron chi connectivity index (χ3n) is 2.99. The van der Waals surface area contributed by atoms with Gasteiger partial charge in [-0.1, -0.05) is 0 Å². The van der Waals surface area contributed by atoms with Crippen molar-refractivity contribution in [1.29, 1.82) is 0 Å². The van der Waals surface area contributed by atoms with Gasteiger partial charge in [-0.3, -0.25) is 9.59 Å². The summed E-state index contributed by atoms with van der Waals surface area (Å²) < 4.78 is 22.6. The van der Waals surface area contributed by atoms with Gasteiger partial charge in [-0.2, -0.15) is 0 Å². The van der Waals surface area contributed by atoms with E-state index in [0.717, 1.165) is 0 Å². The standard InChI is InChI=1S/C17H15FN2O5/c18-12-3-7-14(8-4-12)24-10-16(22)25-9-15(21)20-13-5-1-11(2-6-13)17(19)23/h1-8H,9-10H2,(H2,19,23)(H,20,21). The van der Waals surface area contributed by atoms with Crippen molar-refractivity contribution in [2.45, 2.75) is 0 Å². The first-order valence-electron chi connectivity index (χ1n) is 7.18. The highest BCUT2D eigenvalue weighted by molar-refractivity contribution is 5.95. The van der Waals surface area contributed by atoms with Crippen molar-refractivity contribution in [1.82, 2.24) is 0 Å². The number of ether oxygens (including phenoxy) is 2. The molecule has 3 N–H and O–H groups in total. The third kappa shape index (κ3) is 5.94. The Bertz CT molecular complexity index is 760. The molecule has 130 valence electrons. The Kier molecular flexibility index (Phi) is 6.05. The Hall–Kier alpha value is -3.42. The van der Waals surface area contributed by atoms with Gasteiger partial charge < -0.3 is 20.5 Å². The Balaban J connectivity index is 1.72. The van der Waals surface area contributed by atoms with Gasteiger partial charge in [0.15, 0.2) is 13.2 Å². The van der Waals surface area contributed by atoms with E-state index in [0.29, 0.717) is 17.0 Å². The molecule has 0 saturated heterocycles. The lowest BCUT2D eigenvalue weighted by molar-refractivity contribution is -0.149. The second-order valence-corrected chi connectivity index (χ2v) is 4.89. The summed E-state index contributed by atoms with van der Waals surface area (Å²) in [5, 5.41) is 2.49. The first kappa shape index (κ1) is 17.9. The molecule has 0 aliphatic carbocycles. The van der Waals surface area contributed by atoms with Gasteiger partial charge >= 0.3 is 5.97 Å².